The van der Waals surface area contributed by atoms with E-state index in [-0.39, 0.29) is 0 Å². The van der Waals surface area contributed by atoms with Crippen molar-refractivity contribution in [1.82, 2.24) is 0 Å². The summed E-state index contributed by atoms with van der Waals surface area (Å²) in [4.78, 5) is 0. The lowest BCUT2D eigenvalue weighted by Crippen LogP contribution is -2.04. The highest BCUT2D eigenvalue weighted by atomic mass is 32.3. The van der Waals surface area contributed by atoms with Crippen LogP contribution < -0.4 is 30.4 Å². The average molecular weight is 461 g/mol. The van der Waals surface area contributed by atoms with Crippen molar-refractivity contribution >= 4 is 10.4 Å². The third-order valence-electron chi connectivity index (χ3n) is 3.82. The van der Waals surface area contributed by atoms with Crippen LogP contribution >= 0.6 is 0 Å². The van der Waals surface area contributed by atoms with E-state index in [4.69, 9.17) is 47.9 Å². The Bertz CT molecular complexity index is 810. The zero-order valence-corrected chi connectivity index (χ0v) is 19.0. The molecule has 0 aliphatic rings. The molecular formula is C20H32N2O8S. The normalized spacial score (nSPS) is 10.1. The van der Waals surface area contributed by atoms with Crippen molar-refractivity contribution in [2.45, 2.75) is 12.8 Å². The molecule has 0 atom stereocenters. The van der Waals surface area contributed by atoms with Crippen LogP contribution in [0.25, 0.3) is 0 Å². The molecule has 0 saturated carbocycles. The summed E-state index contributed by atoms with van der Waals surface area (Å²) in [6.07, 6.45) is 1.65. The van der Waals surface area contributed by atoms with Gasteiger partial charge in [0, 0.05) is 12.1 Å². The second kappa shape index (κ2) is 15.3. The van der Waals surface area contributed by atoms with Gasteiger partial charge in [0.15, 0.2) is 0 Å². The van der Waals surface area contributed by atoms with Crippen LogP contribution in [0.4, 0.5) is 0 Å². The zero-order chi connectivity index (χ0) is 23.9. The van der Waals surface area contributed by atoms with Gasteiger partial charge in [-0.3, -0.25) is 9.11 Å². The van der Waals surface area contributed by atoms with Gasteiger partial charge in [-0.15, -0.1) is 0 Å². The lowest BCUT2D eigenvalue weighted by Gasteiger charge is -2.08. The number of ether oxygens (including phenoxy) is 4. The van der Waals surface area contributed by atoms with Crippen LogP contribution in [0.1, 0.15) is 11.1 Å². The van der Waals surface area contributed by atoms with Gasteiger partial charge < -0.3 is 30.4 Å². The molecule has 0 aromatic heterocycles. The van der Waals surface area contributed by atoms with Crippen LogP contribution in [-0.2, 0) is 23.2 Å². The van der Waals surface area contributed by atoms with Crippen LogP contribution in [0.2, 0.25) is 0 Å². The lowest BCUT2D eigenvalue weighted by molar-refractivity contribution is 0.380. The van der Waals surface area contributed by atoms with E-state index < -0.39 is 10.4 Å². The molecule has 0 unspecified atom stereocenters. The Morgan fingerprint density at radius 2 is 1.03 bits per heavy atom. The molecular weight excluding hydrogens is 428 g/mol. The third kappa shape index (κ3) is 12.7. The monoisotopic (exact) mass is 460 g/mol. The summed E-state index contributed by atoms with van der Waals surface area (Å²) in [5.41, 5.74) is 13.2. The molecule has 0 fully saturated rings. The number of methoxy groups -OCH3 is 4. The quantitative estimate of drug-likeness (QED) is 0.427. The fourth-order valence-electron chi connectivity index (χ4n) is 2.43. The summed E-state index contributed by atoms with van der Waals surface area (Å²) in [5, 5.41) is 0. The van der Waals surface area contributed by atoms with E-state index in [1.165, 1.54) is 0 Å². The SMILES string of the molecule is COc1ccc(CCN)c(OC)c1.COc1ccc(CCN)c(OC)c1.O=S(=O)(O)O. The second-order valence-corrected chi connectivity index (χ2v) is 6.78. The minimum Gasteiger partial charge on any atom is -0.497 e. The van der Waals surface area contributed by atoms with Crippen molar-refractivity contribution in [3.8, 4) is 23.0 Å². The molecule has 2 rings (SSSR count). The zero-order valence-electron chi connectivity index (χ0n) is 18.2. The number of benzene rings is 2. The summed E-state index contributed by atoms with van der Waals surface area (Å²) in [6, 6.07) is 11.5. The molecule has 10 nitrogen and oxygen atoms in total. The molecule has 0 amide bonds. The van der Waals surface area contributed by atoms with E-state index >= 15 is 0 Å². The first-order chi connectivity index (χ1) is 14.6. The molecule has 0 heterocycles. The van der Waals surface area contributed by atoms with Gasteiger partial charge in [0.25, 0.3) is 0 Å². The summed E-state index contributed by atoms with van der Waals surface area (Å²) >= 11 is 0. The minimum absolute atomic E-state index is 0.628. The van der Waals surface area contributed by atoms with Crippen LogP contribution in [0.5, 0.6) is 23.0 Å². The van der Waals surface area contributed by atoms with Crippen molar-refractivity contribution in [1.29, 1.82) is 0 Å². The van der Waals surface area contributed by atoms with Crippen molar-refractivity contribution in [2.75, 3.05) is 41.5 Å². The van der Waals surface area contributed by atoms with E-state index in [0.717, 1.165) is 47.0 Å². The van der Waals surface area contributed by atoms with Crippen molar-refractivity contribution < 1.29 is 36.5 Å². The largest absolute Gasteiger partial charge is 0.497 e. The van der Waals surface area contributed by atoms with Gasteiger partial charge in [0.1, 0.15) is 23.0 Å². The van der Waals surface area contributed by atoms with Crippen molar-refractivity contribution in [2.24, 2.45) is 11.5 Å². The number of rotatable bonds is 8. The Kier molecular flexibility index (Phi) is 14.0. The Labute approximate surface area is 183 Å². The van der Waals surface area contributed by atoms with E-state index in [2.05, 4.69) is 0 Å². The van der Waals surface area contributed by atoms with Gasteiger partial charge in [0.05, 0.1) is 28.4 Å². The van der Waals surface area contributed by atoms with Crippen LogP contribution in [0.15, 0.2) is 36.4 Å². The molecule has 0 aliphatic carbocycles. The molecule has 2 aromatic carbocycles. The standard InChI is InChI=1S/2C10H15NO2.H2O4S/c2*1-12-9-4-3-8(5-6-11)10(7-9)13-2;1-5(2,3)4/h2*3-4,7H,5-6,11H2,1-2H3;(H2,1,2,3,4). The summed E-state index contributed by atoms with van der Waals surface area (Å²) in [6.45, 7) is 1.26. The maximum absolute atomic E-state index is 8.74. The van der Waals surface area contributed by atoms with Crippen molar-refractivity contribution in [3.63, 3.8) is 0 Å². The number of hydrogen-bond acceptors (Lipinski definition) is 8. The summed E-state index contributed by atoms with van der Waals surface area (Å²) < 4.78 is 52.2. The molecule has 6 N–H and O–H groups in total. The molecule has 0 spiro atoms. The van der Waals surface area contributed by atoms with Gasteiger partial charge in [-0.2, -0.15) is 8.42 Å². The molecule has 2 aromatic rings. The van der Waals surface area contributed by atoms with E-state index in [0.29, 0.717) is 13.1 Å². The van der Waals surface area contributed by atoms with Gasteiger partial charge in [0.2, 0.25) is 0 Å². The third-order valence-corrected chi connectivity index (χ3v) is 3.82. The topological polar surface area (TPSA) is 164 Å². The van der Waals surface area contributed by atoms with Crippen LogP contribution in [-0.4, -0.2) is 59.1 Å². The van der Waals surface area contributed by atoms with Crippen LogP contribution in [0, 0.1) is 0 Å². The molecule has 11 heteroatoms. The number of hydrogen-bond donors (Lipinski definition) is 4. The molecule has 31 heavy (non-hydrogen) atoms. The lowest BCUT2D eigenvalue weighted by atomic mass is 10.1. The maximum atomic E-state index is 8.74. The Morgan fingerprint density at radius 1 is 0.710 bits per heavy atom. The molecule has 176 valence electrons. The Morgan fingerprint density at radius 3 is 1.26 bits per heavy atom. The fraction of sp³-hybridized carbons (Fsp3) is 0.400. The van der Waals surface area contributed by atoms with Gasteiger partial charge >= 0.3 is 10.4 Å². The maximum Gasteiger partial charge on any atom is 0.394 e. The van der Waals surface area contributed by atoms with Gasteiger partial charge in [-0.25, -0.2) is 0 Å². The second-order valence-electron chi connectivity index (χ2n) is 5.88. The Balaban J connectivity index is 0.000000479. The first-order valence-corrected chi connectivity index (χ1v) is 10.5. The molecule has 0 aliphatic heterocycles. The number of nitrogens with two attached hydrogens (primary N) is 2. The minimum atomic E-state index is -4.67. The predicted octanol–water partition coefficient (Wildman–Crippen LogP) is 1.76. The average Bonchev–Trinajstić information content (AvgIpc) is 2.74. The molecule has 0 saturated heterocycles. The first kappa shape index (κ1) is 28.4. The van der Waals surface area contributed by atoms with Gasteiger partial charge in [-0.05, 0) is 49.2 Å². The van der Waals surface area contributed by atoms with E-state index in [1.807, 2.05) is 36.4 Å². The van der Waals surface area contributed by atoms with E-state index in [1.54, 1.807) is 28.4 Å². The predicted molar refractivity (Wildman–Crippen MR) is 119 cm³/mol. The highest BCUT2D eigenvalue weighted by molar-refractivity contribution is 7.79. The van der Waals surface area contributed by atoms with E-state index in [9.17, 15) is 0 Å². The molecule has 0 radical (unpaired) electrons. The highest BCUT2D eigenvalue weighted by Gasteiger charge is 2.04. The van der Waals surface area contributed by atoms with Crippen LogP contribution in [0.3, 0.4) is 0 Å². The van der Waals surface area contributed by atoms with Crippen molar-refractivity contribution in [3.05, 3.63) is 47.5 Å². The molecule has 0 bridgehead atoms. The Hall–Kier alpha value is -2.57. The highest BCUT2D eigenvalue weighted by Crippen LogP contribution is 2.25. The summed E-state index contributed by atoms with van der Waals surface area (Å²) in [7, 11) is 1.90. The van der Waals surface area contributed by atoms with Gasteiger partial charge in [-0.1, -0.05) is 12.1 Å². The first-order valence-electron chi connectivity index (χ1n) is 9.15. The smallest absolute Gasteiger partial charge is 0.394 e. The fourth-order valence-corrected chi connectivity index (χ4v) is 2.43. The summed E-state index contributed by atoms with van der Waals surface area (Å²) in [5.74, 6) is 3.28.